The maximum Gasteiger partial charge on any atom is 0.238 e. The van der Waals surface area contributed by atoms with Gasteiger partial charge >= 0.3 is 0 Å². The van der Waals surface area contributed by atoms with Gasteiger partial charge in [0.1, 0.15) is 11.1 Å². The molecule has 0 radical (unpaired) electrons. The molecule has 0 aromatic carbocycles. The van der Waals surface area contributed by atoms with Crippen molar-refractivity contribution in [2.75, 3.05) is 29.9 Å². The van der Waals surface area contributed by atoms with Gasteiger partial charge in [-0.15, -0.1) is 16.4 Å². The van der Waals surface area contributed by atoms with Gasteiger partial charge in [-0.1, -0.05) is 0 Å². The summed E-state index contributed by atoms with van der Waals surface area (Å²) in [5, 5.41) is 25.5. The molecular formula is C16H18N6OS. The molecule has 1 atom stereocenters. The lowest BCUT2D eigenvalue weighted by Gasteiger charge is -2.33. The van der Waals surface area contributed by atoms with Gasteiger partial charge in [0.05, 0.1) is 12.1 Å². The summed E-state index contributed by atoms with van der Waals surface area (Å²) >= 11 is 1.36. The van der Waals surface area contributed by atoms with E-state index in [4.69, 9.17) is 5.26 Å². The number of nitrogens with one attached hydrogen (secondary N) is 2. The van der Waals surface area contributed by atoms with E-state index < -0.39 is 0 Å². The van der Waals surface area contributed by atoms with E-state index in [1.165, 1.54) is 11.3 Å². The second-order valence-electron chi connectivity index (χ2n) is 5.57. The Labute approximate surface area is 144 Å². The van der Waals surface area contributed by atoms with Crippen LogP contribution in [0.1, 0.15) is 18.4 Å². The molecule has 1 aliphatic heterocycles. The van der Waals surface area contributed by atoms with Gasteiger partial charge in [-0.25, -0.2) is 0 Å². The van der Waals surface area contributed by atoms with Crippen LogP contribution in [0.3, 0.4) is 0 Å². The predicted molar refractivity (Wildman–Crippen MR) is 92.9 cm³/mol. The van der Waals surface area contributed by atoms with Crippen LogP contribution in [0.5, 0.6) is 0 Å². The molecule has 24 heavy (non-hydrogen) atoms. The number of aromatic nitrogens is 2. The number of carbonyl (C=O) groups is 1. The number of rotatable bonds is 5. The first-order chi connectivity index (χ1) is 11.8. The van der Waals surface area contributed by atoms with Gasteiger partial charge < -0.3 is 15.5 Å². The van der Waals surface area contributed by atoms with Gasteiger partial charge in [0.2, 0.25) is 5.91 Å². The van der Waals surface area contributed by atoms with Crippen molar-refractivity contribution in [3.8, 4) is 6.07 Å². The summed E-state index contributed by atoms with van der Waals surface area (Å²) in [6, 6.07) is 7.82. The quantitative estimate of drug-likeness (QED) is 0.857. The molecule has 2 N–H and O–H groups in total. The maximum absolute atomic E-state index is 12.1. The van der Waals surface area contributed by atoms with Crippen molar-refractivity contribution in [1.29, 1.82) is 5.26 Å². The summed E-state index contributed by atoms with van der Waals surface area (Å²) in [5.74, 6) is 0.733. The Bertz CT molecular complexity index is 726. The van der Waals surface area contributed by atoms with Crippen molar-refractivity contribution in [2.45, 2.75) is 18.9 Å². The third-order valence-corrected chi connectivity index (χ3v) is 4.72. The van der Waals surface area contributed by atoms with Crippen LogP contribution in [-0.2, 0) is 4.79 Å². The van der Waals surface area contributed by atoms with Crippen molar-refractivity contribution < 1.29 is 4.79 Å². The second-order valence-corrected chi connectivity index (χ2v) is 6.49. The normalized spacial score (nSPS) is 17.3. The summed E-state index contributed by atoms with van der Waals surface area (Å²) in [5.41, 5.74) is 0.500. The summed E-state index contributed by atoms with van der Waals surface area (Å²) in [6.07, 6.45) is 3.72. The smallest absolute Gasteiger partial charge is 0.238 e. The van der Waals surface area contributed by atoms with Crippen LogP contribution in [0.25, 0.3) is 0 Å². The Balaban J connectivity index is 1.49. The maximum atomic E-state index is 12.1. The fourth-order valence-electron chi connectivity index (χ4n) is 2.72. The highest BCUT2D eigenvalue weighted by molar-refractivity contribution is 7.14. The first-order valence-electron chi connectivity index (χ1n) is 7.80. The van der Waals surface area contributed by atoms with Gasteiger partial charge in [0.15, 0.2) is 5.82 Å². The molecule has 8 heteroatoms. The first-order valence-corrected chi connectivity index (χ1v) is 8.67. The van der Waals surface area contributed by atoms with Crippen molar-refractivity contribution in [2.24, 2.45) is 0 Å². The Morgan fingerprint density at radius 1 is 1.50 bits per heavy atom. The molecule has 2 aromatic heterocycles. The van der Waals surface area contributed by atoms with Gasteiger partial charge in [-0.3, -0.25) is 4.79 Å². The first kappa shape index (κ1) is 16.4. The largest absolute Gasteiger partial charge is 0.354 e. The zero-order chi connectivity index (χ0) is 16.8. The number of hydrogen-bond donors (Lipinski definition) is 2. The van der Waals surface area contributed by atoms with E-state index in [9.17, 15) is 4.79 Å². The third-order valence-electron chi connectivity index (χ3n) is 3.89. The minimum atomic E-state index is -0.134. The number of thiophene rings is 1. The summed E-state index contributed by atoms with van der Waals surface area (Å²) in [4.78, 5) is 14.2. The summed E-state index contributed by atoms with van der Waals surface area (Å²) in [6.45, 7) is 1.97. The minimum absolute atomic E-state index is 0.134. The van der Waals surface area contributed by atoms with Gasteiger partial charge in [0.25, 0.3) is 0 Å². The lowest BCUT2D eigenvalue weighted by Crippen LogP contribution is -2.48. The molecule has 1 saturated heterocycles. The van der Waals surface area contributed by atoms with Crippen molar-refractivity contribution >= 4 is 28.1 Å². The second kappa shape index (κ2) is 7.86. The number of piperidine rings is 1. The Kier molecular flexibility index (Phi) is 5.36. The highest BCUT2D eigenvalue weighted by Gasteiger charge is 2.21. The number of carbonyl (C=O) groups excluding carboxylic acids is 1. The number of amides is 1. The number of hydrogen-bond acceptors (Lipinski definition) is 7. The number of anilines is 2. The average molecular weight is 342 g/mol. The lowest BCUT2D eigenvalue weighted by atomic mass is 10.1. The van der Waals surface area contributed by atoms with Crippen LogP contribution in [0.2, 0.25) is 0 Å². The predicted octanol–water partition coefficient (Wildman–Crippen LogP) is 1.61. The van der Waals surface area contributed by atoms with Crippen LogP contribution in [0, 0.1) is 11.3 Å². The van der Waals surface area contributed by atoms with Gasteiger partial charge in [0, 0.05) is 25.3 Å². The third kappa shape index (κ3) is 4.07. The molecule has 3 rings (SSSR count). The molecule has 2 aromatic rings. The fraction of sp³-hybridized carbons (Fsp3) is 0.375. The molecule has 0 unspecified atom stereocenters. The van der Waals surface area contributed by atoms with E-state index in [0.717, 1.165) is 31.7 Å². The summed E-state index contributed by atoms with van der Waals surface area (Å²) < 4.78 is 0. The van der Waals surface area contributed by atoms with Crippen LogP contribution in [0.15, 0.2) is 29.8 Å². The van der Waals surface area contributed by atoms with Crippen molar-refractivity contribution in [3.05, 3.63) is 35.3 Å². The highest BCUT2D eigenvalue weighted by atomic mass is 32.1. The molecule has 3 heterocycles. The monoisotopic (exact) mass is 342 g/mol. The molecule has 1 fully saturated rings. The van der Waals surface area contributed by atoms with Crippen LogP contribution in [0.4, 0.5) is 10.8 Å². The number of nitriles is 1. The molecule has 0 bridgehead atoms. The molecule has 7 nitrogen and oxygen atoms in total. The molecule has 0 aliphatic carbocycles. The van der Waals surface area contributed by atoms with Crippen LogP contribution < -0.4 is 15.5 Å². The molecule has 0 spiro atoms. The zero-order valence-corrected chi connectivity index (χ0v) is 13.9. The topological polar surface area (TPSA) is 93.9 Å². The van der Waals surface area contributed by atoms with E-state index in [-0.39, 0.29) is 18.5 Å². The Morgan fingerprint density at radius 3 is 3.21 bits per heavy atom. The minimum Gasteiger partial charge on any atom is -0.354 e. The van der Waals surface area contributed by atoms with Crippen LogP contribution in [-0.4, -0.2) is 41.8 Å². The molecule has 1 aliphatic rings. The molecular weight excluding hydrogens is 324 g/mol. The highest BCUT2D eigenvalue weighted by Crippen LogP contribution is 2.22. The number of nitrogens with zero attached hydrogens (tertiary/aromatic N) is 4. The lowest BCUT2D eigenvalue weighted by molar-refractivity contribution is -0.115. The SMILES string of the molecule is N#Cc1ccsc1NC(=O)CN[C@H]1CCCN(c2cccnn2)C1. The fourth-order valence-corrected chi connectivity index (χ4v) is 3.47. The van der Waals surface area contributed by atoms with E-state index in [1.54, 1.807) is 17.6 Å². The van der Waals surface area contributed by atoms with E-state index in [2.05, 4.69) is 31.8 Å². The zero-order valence-electron chi connectivity index (χ0n) is 13.1. The van der Waals surface area contributed by atoms with E-state index in [1.807, 2.05) is 12.1 Å². The van der Waals surface area contributed by atoms with Gasteiger partial charge in [-0.05, 0) is 36.4 Å². The molecule has 124 valence electrons. The van der Waals surface area contributed by atoms with Crippen molar-refractivity contribution in [1.82, 2.24) is 15.5 Å². The summed E-state index contributed by atoms with van der Waals surface area (Å²) in [7, 11) is 0. The molecule has 0 saturated carbocycles. The average Bonchev–Trinajstić information content (AvgIpc) is 3.08. The standard InChI is InChI=1S/C16H18N6OS/c17-9-12-5-8-24-16(12)20-15(23)10-18-13-3-2-7-22(11-13)14-4-1-6-19-21-14/h1,4-6,8,13,18H,2-3,7,10-11H2,(H,20,23)/t13-/m0/s1. The van der Waals surface area contributed by atoms with Crippen LogP contribution >= 0.6 is 11.3 Å². The van der Waals surface area contributed by atoms with Gasteiger partial charge in [-0.2, -0.15) is 10.4 Å². The Morgan fingerprint density at radius 2 is 2.42 bits per heavy atom. The Hall–Kier alpha value is -2.50. The van der Waals surface area contributed by atoms with Crippen molar-refractivity contribution in [3.63, 3.8) is 0 Å². The molecule has 1 amide bonds. The van der Waals surface area contributed by atoms with E-state index >= 15 is 0 Å². The van der Waals surface area contributed by atoms with E-state index in [0.29, 0.717) is 10.6 Å².